The van der Waals surface area contributed by atoms with E-state index in [0.29, 0.717) is 6.42 Å². The summed E-state index contributed by atoms with van der Waals surface area (Å²) in [5, 5.41) is 8.55. The summed E-state index contributed by atoms with van der Waals surface area (Å²) in [7, 11) is 0. The van der Waals surface area contributed by atoms with Gasteiger partial charge >= 0.3 is 6.36 Å². The number of hydrogen-bond acceptors (Lipinski definition) is 2. The highest BCUT2D eigenvalue weighted by atomic mass is 19.4. The lowest BCUT2D eigenvalue weighted by atomic mass is 10.2. The normalized spacial score (nSPS) is 12.0. The molecule has 0 aliphatic heterocycles. The molecular formula is C12H13F3O2. The molecular weight excluding hydrogens is 233 g/mol. The van der Waals surface area contributed by atoms with E-state index in [1.54, 1.807) is 6.08 Å². The standard InChI is InChI=1S/C12H13F3O2/c13-12(14,15)17-11-7-5-10(6-8-11)4-2-1-3-9-16/h2,4-8,16H,1,3,9H2/b4-2-. The highest BCUT2D eigenvalue weighted by Crippen LogP contribution is 2.22. The Labute approximate surface area is 97.3 Å². The Morgan fingerprint density at radius 2 is 1.82 bits per heavy atom. The molecule has 0 aromatic heterocycles. The minimum absolute atomic E-state index is 0.128. The maximum atomic E-state index is 11.9. The number of allylic oxidation sites excluding steroid dienone is 1. The van der Waals surface area contributed by atoms with Gasteiger partial charge in [0.1, 0.15) is 5.75 Å². The van der Waals surface area contributed by atoms with Gasteiger partial charge < -0.3 is 9.84 Å². The number of aliphatic hydroxyl groups is 1. The number of rotatable bonds is 5. The summed E-state index contributed by atoms with van der Waals surface area (Å²) in [5.74, 6) is -0.231. The Morgan fingerprint density at radius 3 is 2.35 bits per heavy atom. The van der Waals surface area contributed by atoms with Crippen LogP contribution in [0.1, 0.15) is 18.4 Å². The number of hydrogen-bond donors (Lipinski definition) is 1. The van der Waals surface area contributed by atoms with Crippen molar-refractivity contribution in [3.63, 3.8) is 0 Å². The van der Waals surface area contributed by atoms with Crippen molar-refractivity contribution in [1.29, 1.82) is 0 Å². The van der Waals surface area contributed by atoms with Gasteiger partial charge in [0, 0.05) is 6.61 Å². The molecule has 0 unspecified atom stereocenters. The zero-order valence-electron chi connectivity index (χ0n) is 9.07. The molecule has 0 aliphatic rings. The number of benzene rings is 1. The third kappa shape index (κ3) is 5.97. The summed E-state index contributed by atoms with van der Waals surface area (Å²) >= 11 is 0. The first-order valence-electron chi connectivity index (χ1n) is 5.14. The molecule has 0 atom stereocenters. The van der Waals surface area contributed by atoms with E-state index in [1.807, 2.05) is 6.08 Å². The van der Waals surface area contributed by atoms with Gasteiger partial charge in [-0.05, 0) is 30.5 Å². The second-order valence-electron chi connectivity index (χ2n) is 3.39. The van der Waals surface area contributed by atoms with Crippen LogP contribution in [0.5, 0.6) is 5.75 Å². The Kier molecular flexibility index (Phi) is 5.03. The molecule has 1 N–H and O–H groups in total. The van der Waals surface area contributed by atoms with Crippen molar-refractivity contribution >= 4 is 6.08 Å². The Hall–Kier alpha value is -1.49. The van der Waals surface area contributed by atoms with E-state index in [-0.39, 0.29) is 12.4 Å². The van der Waals surface area contributed by atoms with E-state index in [0.717, 1.165) is 12.0 Å². The molecule has 1 rings (SSSR count). The molecule has 1 aromatic rings. The van der Waals surface area contributed by atoms with Crippen molar-refractivity contribution in [2.75, 3.05) is 6.61 Å². The number of aliphatic hydroxyl groups excluding tert-OH is 1. The van der Waals surface area contributed by atoms with Gasteiger partial charge in [0.05, 0.1) is 0 Å². The lowest BCUT2D eigenvalue weighted by molar-refractivity contribution is -0.274. The molecule has 2 nitrogen and oxygen atoms in total. The number of ether oxygens (including phenoxy) is 1. The Morgan fingerprint density at radius 1 is 1.18 bits per heavy atom. The molecule has 0 saturated heterocycles. The number of unbranched alkanes of at least 4 members (excludes halogenated alkanes) is 1. The SMILES string of the molecule is OCCC/C=C\c1ccc(OC(F)(F)F)cc1. The van der Waals surface area contributed by atoms with Crippen LogP contribution in [0.3, 0.4) is 0 Å². The maximum absolute atomic E-state index is 11.9. The summed E-state index contributed by atoms with van der Waals surface area (Å²) in [4.78, 5) is 0. The van der Waals surface area contributed by atoms with Crippen LogP contribution in [-0.4, -0.2) is 18.1 Å². The molecule has 0 spiro atoms. The second kappa shape index (κ2) is 6.30. The van der Waals surface area contributed by atoms with Gasteiger partial charge in [-0.3, -0.25) is 0 Å². The molecule has 1 aromatic carbocycles. The highest BCUT2D eigenvalue weighted by molar-refractivity contribution is 5.50. The Balaban J connectivity index is 2.53. The van der Waals surface area contributed by atoms with Crippen LogP contribution in [-0.2, 0) is 0 Å². The number of alkyl halides is 3. The van der Waals surface area contributed by atoms with E-state index in [9.17, 15) is 13.2 Å². The van der Waals surface area contributed by atoms with Gasteiger partial charge in [0.2, 0.25) is 0 Å². The molecule has 0 radical (unpaired) electrons. The first kappa shape index (κ1) is 13.6. The fraction of sp³-hybridized carbons (Fsp3) is 0.333. The van der Waals surface area contributed by atoms with Gasteiger partial charge in [-0.1, -0.05) is 24.3 Å². The van der Waals surface area contributed by atoms with Crippen molar-refractivity contribution in [3.8, 4) is 5.75 Å². The van der Waals surface area contributed by atoms with Gasteiger partial charge in [-0.15, -0.1) is 13.2 Å². The first-order valence-corrected chi connectivity index (χ1v) is 5.14. The predicted molar refractivity (Wildman–Crippen MR) is 58.5 cm³/mol. The minimum atomic E-state index is -4.65. The van der Waals surface area contributed by atoms with Crippen LogP contribution >= 0.6 is 0 Å². The molecule has 0 bridgehead atoms. The van der Waals surface area contributed by atoms with E-state index in [4.69, 9.17) is 5.11 Å². The molecule has 5 heteroatoms. The summed E-state index contributed by atoms with van der Waals surface area (Å²) < 4.78 is 39.4. The summed E-state index contributed by atoms with van der Waals surface area (Å²) in [6, 6.07) is 5.60. The topological polar surface area (TPSA) is 29.5 Å². The molecule has 17 heavy (non-hydrogen) atoms. The zero-order valence-corrected chi connectivity index (χ0v) is 9.07. The number of halogens is 3. The third-order valence-electron chi connectivity index (χ3n) is 1.95. The third-order valence-corrected chi connectivity index (χ3v) is 1.95. The van der Waals surface area contributed by atoms with Crippen molar-refractivity contribution in [3.05, 3.63) is 35.9 Å². The van der Waals surface area contributed by atoms with E-state index in [1.165, 1.54) is 24.3 Å². The molecule has 0 aliphatic carbocycles. The van der Waals surface area contributed by atoms with Crippen LogP contribution in [0.25, 0.3) is 6.08 Å². The average molecular weight is 246 g/mol. The quantitative estimate of drug-likeness (QED) is 0.807. The van der Waals surface area contributed by atoms with Crippen molar-refractivity contribution < 1.29 is 23.0 Å². The zero-order chi connectivity index (χ0) is 12.7. The average Bonchev–Trinajstić information content (AvgIpc) is 2.25. The molecule has 0 amide bonds. The van der Waals surface area contributed by atoms with Crippen LogP contribution < -0.4 is 4.74 Å². The molecule has 0 heterocycles. The smallest absolute Gasteiger partial charge is 0.406 e. The summed E-state index contributed by atoms with van der Waals surface area (Å²) in [5.41, 5.74) is 0.789. The molecule has 0 fully saturated rings. The summed E-state index contributed by atoms with van der Waals surface area (Å²) in [6.45, 7) is 0.128. The van der Waals surface area contributed by atoms with E-state index >= 15 is 0 Å². The Bertz CT molecular complexity index is 355. The molecule has 0 saturated carbocycles. The van der Waals surface area contributed by atoms with Gasteiger partial charge in [-0.25, -0.2) is 0 Å². The predicted octanol–water partition coefficient (Wildman–Crippen LogP) is 3.37. The van der Waals surface area contributed by atoms with E-state index < -0.39 is 6.36 Å². The van der Waals surface area contributed by atoms with Crippen molar-refractivity contribution in [2.24, 2.45) is 0 Å². The monoisotopic (exact) mass is 246 g/mol. The van der Waals surface area contributed by atoms with Crippen LogP contribution in [0, 0.1) is 0 Å². The van der Waals surface area contributed by atoms with Crippen LogP contribution in [0.2, 0.25) is 0 Å². The molecule has 94 valence electrons. The minimum Gasteiger partial charge on any atom is -0.406 e. The lowest BCUT2D eigenvalue weighted by Crippen LogP contribution is -2.16. The second-order valence-corrected chi connectivity index (χ2v) is 3.39. The fourth-order valence-electron chi connectivity index (χ4n) is 1.21. The lowest BCUT2D eigenvalue weighted by Gasteiger charge is -2.08. The van der Waals surface area contributed by atoms with Crippen LogP contribution in [0.4, 0.5) is 13.2 Å². The van der Waals surface area contributed by atoms with Gasteiger partial charge in [-0.2, -0.15) is 0 Å². The van der Waals surface area contributed by atoms with Crippen molar-refractivity contribution in [1.82, 2.24) is 0 Å². The maximum Gasteiger partial charge on any atom is 0.573 e. The largest absolute Gasteiger partial charge is 0.573 e. The van der Waals surface area contributed by atoms with Gasteiger partial charge in [0.15, 0.2) is 0 Å². The summed E-state index contributed by atoms with van der Waals surface area (Å²) in [6.07, 6.45) is 0.393. The fourth-order valence-corrected chi connectivity index (χ4v) is 1.21. The highest BCUT2D eigenvalue weighted by Gasteiger charge is 2.30. The van der Waals surface area contributed by atoms with E-state index in [2.05, 4.69) is 4.74 Å². The van der Waals surface area contributed by atoms with Crippen molar-refractivity contribution in [2.45, 2.75) is 19.2 Å². The van der Waals surface area contributed by atoms with Gasteiger partial charge in [0.25, 0.3) is 0 Å². The van der Waals surface area contributed by atoms with Crippen LogP contribution in [0.15, 0.2) is 30.3 Å². The first-order chi connectivity index (χ1) is 8.01.